The van der Waals surface area contributed by atoms with Crippen molar-refractivity contribution in [1.82, 2.24) is 5.32 Å². The van der Waals surface area contributed by atoms with Gasteiger partial charge in [0.25, 0.3) is 0 Å². The van der Waals surface area contributed by atoms with Gasteiger partial charge in [-0.15, -0.1) is 0 Å². The molecule has 1 unspecified atom stereocenters. The van der Waals surface area contributed by atoms with E-state index in [-0.39, 0.29) is 0 Å². The van der Waals surface area contributed by atoms with Gasteiger partial charge >= 0.3 is 0 Å². The molecule has 0 bridgehead atoms. The number of benzene rings is 1. The fourth-order valence-corrected chi connectivity index (χ4v) is 3.33. The normalized spacial score (nSPS) is 20.0. The maximum atomic E-state index is 5.96. The standard InChI is InChI=1S/C18H27NO2/c1-14(15-7-8-18-16(13-15)9-11-21-18)19-10-12-20-17-5-3-2-4-6-17/h7-8,13-14,17,19H,2-6,9-12H2,1H3. The maximum Gasteiger partial charge on any atom is 0.122 e. The van der Waals surface area contributed by atoms with Crippen molar-refractivity contribution in [3.05, 3.63) is 29.3 Å². The second-order valence-corrected chi connectivity index (χ2v) is 6.27. The van der Waals surface area contributed by atoms with Crippen molar-refractivity contribution in [2.24, 2.45) is 0 Å². The van der Waals surface area contributed by atoms with Crippen molar-refractivity contribution in [2.45, 2.75) is 57.6 Å². The lowest BCUT2D eigenvalue weighted by atomic mass is 9.98. The molecule has 1 aromatic rings. The lowest BCUT2D eigenvalue weighted by Crippen LogP contribution is -2.26. The number of fused-ring (bicyclic) bond motifs is 1. The lowest BCUT2D eigenvalue weighted by Gasteiger charge is -2.22. The first-order valence-electron chi connectivity index (χ1n) is 8.43. The van der Waals surface area contributed by atoms with Gasteiger partial charge in [-0.25, -0.2) is 0 Å². The summed E-state index contributed by atoms with van der Waals surface area (Å²) in [5, 5.41) is 3.56. The Hall–Kier alpha value is -1.06. The minimum absolute atomic E-state index is 0.367. The van der Waals surface area contributed by atoms with E-state index in [1.165, 1.54) is 43.2 Å². The summed E-state index contributed by atoms with van der Waals surface area (Å²) >= 11 is 0. The average molecular weight is 289 g/mol. The molecule has 3 heteroatoms. The molecule has 21 heavy (non-hydrogen) atoms. The molecule has 1 saturated carbocycles. The third-order valence-corrected chi connectivity index (χ3v) is 4.67. The summed E-state index contributed by atoms with van der Waals surface area (Å²) in [5.74, 6) is 1.06. The minimum Gasteiger partial charge on any atom is -0.493 e. The van der Waals surface area contributed by atoms with Gasteiger partial charge < -0.3 is 14.8 Å². The van der Waals surface area contributed by atoms with Crippen LogP contribution < -0.4 is 10.1 Å². The molecule has 3 rings (SSSR count). The largest absolute Gasteiger partial charge is 0.493 e. The molecule has 1 aromatic carbocycles. The van der Waals surface area contributed by atoms with E-state index in [0.29, 0.717) is 12.1 Å². The highest BCUT2D eigenvalue weighted by atomic mass is 16.5. The Morgan fingerprint density at radius 3 is 3.00 bits per heavy atom. The van der Waals surface area contributed by atoms with Crippen molar-refractivity contribution in [3.63, 3.8) is 0 Å². The molecule has 1 aliphatic carbocycles. The maximum absolute atomic E-state index is 5.96. The molecular weight excluding hydrogens is 262 g/mol. The molecule has 0 spiro atoms. The molecule has 1 fully saturated rings. The monoisotopic (exact) mass is 289 g/mol. The summed E-state index contributed by atoms with van der Waals surface area (Å²) in [7, 11) is 0. The van der Waals surface area contributed by atoms with Crippen LogP contribution in [0.25, 0.3) is 0 Å². The Kier molecular flexibility index (Phi) is 5.15. The van der Waals surface area contributed by atoms with Crippen molar-refractivity contribution in [1.29, 1.82) is 0 Å². The van der Waals surface area contributed by atoms with E-state index in [9.17, 15) is 0 Å². The Balaban J connectivity index is 1.40. The zero-order valence-electron chi connectivity index (χ0n) is 13.1. The van der Waals surface area contributed by atoms with E-state index in [0.717, 1.165) is 31.9 Å². The van der Waals surface area contributed by atoms with E-state index in [4.69, 9.17) is 9.47 Å². The molecule has 0 saturated heterocycles. The Labute approximate surface area is 128 Å². The van der Waals surface area contributed by atoms with Crippen LogP contribution in [0.2, 0.25) is 0 Å². The van der Waals surface area contributed by atoms with E-state index in [1.54, 1.807) is 0 Å². The van der Waals surface area contributed by atoms with Gasteiger partial charge in [0, 0.05) is 19.0 Å². The van der Waals surface area contributed by atoms with Gasteiger partial charge in [0.15, 0.2) is 0 Å². The molecule has 1 aliphatic heterocycles. The van der Waals surface area contributed by atoms with Crippen molar-refractivity contribution in [2.75, 3.05) is 19.8 Å². The number of hydrogen-bond acceptors (Lipinski definition) is 3. The van der Waals surface area contributed by atoms with Gasteiger partial charge in [0.1, 0.15) is 5.75 Å². The van der Waals surface area contributed by atoms with Crippen LogP contribution >= 0.6 is 0 Å². The molecule has 0 aromatic heterocycles. The molecule has 3 nitrogen and oxygen atoms in total. The topological polar surface area (TPSA) is 30.5 Å². The van der Waals surface area contributed by atoms with Crippen molar-refractivity contribution in [3.8, 4) is 5.75 Å². The van der Waals surface area contributed by atoms with E-state index in [2.05, 4.69) is 30.4 Å². The van der Waals surface area contributed by atoms with Crippen LogP contribution in [0.4, 0.5) is 0 Å². The SMILES string of the molecule is CC(NCCOC1CCCCC1)c1ccc2c(c1)CCO2. The van der Waals surface area contributed by atoms with Crippen molar-refractivity contribution < 1.29 is 9.47 Å². The number of nitrogens with one attached hydrogen (secondary N) is 1. The predicted octanol–water partition coefficient (Wildman–Crippen LogP) is 3.62. The minimum atomic E-state index is 0.367. The fourth-order valence-electron chi connectivity index (χ4n) is 3.33. The molecule has 1 heterocycles. The highest BCUT2D eigenvalue weighted by Gasteiger charge is 2.15. The molecular formula is C18H27NO2. The highest BCUT2D eigenvalue weighted by molar-refractivity contribution is 5.40. The summed E-state index contributed by atoms with van der Waals surface area (Å²) in [6, 6.07) is 6.92. The summed E-state index contributed by atoms with van der Waals surface area (Å²) in [5.41, 5.74) is 2.69. The Morgan fingerprint density at radius 1 is 1.29 bits per heavy atom. The van der Waals surface area contributed by atoms with Crippen LogP contribution in [-0.2, 0) is 11.2 Å². The third-order valence-electron chi connectivity index (χ3n) is 4.67. The average Bonchev–Trinajstić information content (AvgIpc) is 3.00. The molecule has 1 N–H and O–H groups in total. The molecule has 0 amide bonds. The van der Waals surface area contributed by atoms with Crippen LogP contribution in [0, 0.1) is 0 Å². The number of rotatable bonds is 6. The zero-order chi connectivity index (χ0) is 14.5. The Bertz CT molecular complexity index is 455. The summed E-state index contributed by atoms with van der Waals surface area (Å²) < 4.78 is 11.5. The van der Waals surface area contributed by atoms with Gasteiger partial charge in [-0.05, 0) is 37.0 Å². The van der Waals surface area contributed by atoms with E-state index < -0.39 is 0 Å². The van der Waals surface area contributed by atoms with Crippen molar-refractivity contribution >= 4 is 0 Å². The second-order valence-electron chi connectivity index (χ2n) is 6.27. The first-order valence-corrected chi connectivity index (χ1v) is 8.43. The lowest BCUT2D eigenvalue weighted by molar-refractivity contribution is 0.0295. The molecule has 2 aliphatic rings. The number of ether oxygens (including phenoxy) is 2. The van der Waals surface area contributed by atoms with Crippen LogP contribution in [0.15, 0.2) is 18.2 Å². The smallest absolute Gasteiger partial charge is 0.122 e. The quantitative estimate of drug-likeness (QED) is 0.811. The fraction of sp³-hybridized carbons (Fsp3) is 0.667. The highest BCUT2D eigenvalue weighted by Crippen LogP contribution is 2.28. The van der Waals surface area contributed by atoms with Crippen LogP contribution in [0.3, 0.4) is 0 Å². The molecule has 116 valence electrons. The summed E-state index contributed by atoms with van der Waals surface area (Å²) in [4.78, 5) is 0. The van der Waals surface area contributed by atoms with Crippen LogP contribution in [-0.4, -0.2) is 25.9 Å². The summed E-state index contributed by atoms with van der Waals surface area (Å²) in [6.07, 6.45) is 8.11. The van der Waals surface area contributed by atoms with Gasteiger partial charge in [-0.1, -0.05) is 31.4 Å². The molecule has 0 radical (unpaired) electrons. The van der Waals surface area contributed by atoms with E-state index >= 15 is 0 Å². The van der Waals surface area contributed by atoms with Gasteiger partial charge in [-0.2, -0.15) is 0 Å². The van der Waals surface area contributed by atoms with E-state index in [1.807, 2.05) is 0 Å². The number of hydrogen-bond donors (Lipinski definition) is 1. The van der Waals surface area contributed by atoms with Gasteiger partial charge in [0.05, 0.1) is 19.3 Å². The van der Waals surface area contributed by atoms with Crippen LogP contribution in [0.1, 0.15) is 56.2 Å². The molecule has 1 atom stereocenters. The summed E-state index contributed by atoms with van der Waals surface area (Å²) in [6.45, 7) is 4.79. The van der Waals surface area contributed by atoms with Gasteiger partial charge in [-0.3, -0.25) is 0 Å². The first kappa shape index (κ1) is 14.9. The third kappa shape index (κ3) is 3.98. The zero-order valence-corrected chi connectivity index (χ0v) is 13.1. The van der Waals surface area contributed by atoms with Gasteiger partial charge in [0.2, 0.25) is 0 Å². The second kappa shape index (κ2) is 7.28. The Morgan fingerprint density at radius 2 is 2.14 bits per heavy atom. The van der Waals surface area contributed by atoms with Crippen LogP contribution in [0.5, 0.6) is 5.75 Å². The first-order chi connectivity index (χ1) is 10.3. The predicted molar refractivity (Wildman–Crippen MR) is 84.9 cm³/mol.